The van der Waals surface area contributed by atoms with Crippen molar-refractivity contribution in [3.8, 4) is 0 Å². The van der Waals surface area contributed by atoms with E-state index in [2.05, 4.69) is 5.43 Å². The van der Waals surface area contributed by atoms with Gasteiger partial charge in [0.15, 0.2) is 0 Å². The Morgan fingerprint density at radius 1 is 1.46 bits per heavy atom. The quantitative estimate of drug-likeness (QED) is 0.281. The van der Waals surface area contributed by atoms with E-state index in [0.29, 0.717) is 6.54 Å². The van der Waals surface area contributed by atoms with E-state index in [4.69, 9.17) is 20.9 Å². The van der Waals surface area contributed by atoms with Crippen molar-refractivity contribution in [3.05, 3.63) is 0 Å². The summed E-state index contributed by atoms with van der Waals surface area (Å²) in [6.07, 6.45) is -4.35. The first-order valence-corrected chi connectivity index (χ1v) is 3.20. The predicted molar refractivity (Wildman–Crippen MR) is 37.6 cm³/mol. The number of alkyl halides is 3. The first-order valence-electron chi connectivity index (χ1n) is 3.20. The summed E-state index contributed by atoms with van der Waals surface area (Å²) in [5, 5.41) is 15.2. The number of nitrogens with two attached hydrogens (primary N) is 1. The van der Waals surface area contributed by atoms with E-state index in [-0.39, 0.29) is 6.61 Å². The van der Waals surface area contributed by atoms with Crippen LogP contribution in [0.15, 0.2) is 0 Å². The molecule has 0 aliphatic carbocycles. The maximum atomic E-state index is 10.6. The van der Waals surface area contributed by atoms with Crippen LogP contribution in [0.25, 0.3) is 0 Å². The summed E-state index contributed by atoms with van der Waals surface area (Å²) in [4.78, 5) is 8.90. The van der Waals surface area contributed by atoms with E-state index >= 15 is 0 Å². The van der Waals surface area contributed by atoms with Crippen LogP contribution >= 0.6 is 0 Å². The highest BCUT2D eigenvalue weighted by Gasteiger charge is 2.38. The van der Waals surface area contributed by atoms with Gasteiger partial charge in [0, 0.05) is 13.2 Å². The van der Waals surface area contributed by atoms with Crippen molar-refractivity contribution in [3.63, 3.8) is 0 Å². The number of hydrazine groups is 1. The molecule has 0 saturated heterocycles. The van der Waals surface area contributed by atoms with Gasteiger partial charge >= 0.3 is 12.1 Å². The number of nitrogens with one attached hydrogen (secondary N) is 1. The van der Waals surface area contributed by atoms with E-state index in [1.807, 2.05) is 0 Å². The zero-order valence-electron chi connectivity index (χ0n) is 6.64. The smallest absolute Gasteiger partial charge is 0.475 e. The fourth-order valence-electron chi connectivity index (χ4n) is 0.181. The van der Waals surface area contributed by atoms with E-state index in [9.17, 15) is 13.2 Å². The minimum Gasteiger partial charge on any atom is -0.475 e. The lowest BCUT2D eigenvalue weighted by Gasteiger charge is -1.93. The Morgan fingerprint density at radius 3 is 1.92 bits per heavy atom. The van der Waals surface area contributed by atoms with Crippen molar-refractivity contribution in [2.45, 2.75) is 12.6 Å². The molecule has 8 heteroatoms. The van der Waals surface area contributed by atoms with Crippen LogP contribution in [0.5, 0.6) is 0 Å². The summed E-state index contributed by atoms with van der Waals surface area (Å²) in [6, 6.07) is 0. The monoisotopic (exact) mass is 204 g/mol. The molecule has 0 atom stereocenters. The third-order valence-electron chi connectivity index (χ3n) is 0.722. The van der Waals surface area contributed by atoms with Gasteiger partial charge in [-0.1, -0.05) is 0 Å². The fourth-order valence-corrected chi connectivity index (χ4v) is 0.181. The lowest BCUT2D eigenvalue weighted by molar-refractivity contribution is -0.192. The van der Waals surface area contributed by atoms with Gasteiger partial charge < -0.3 is 10.2 Å². The Hall–Kier alpha value is -0.860. The average Bonchev–Trinajstić information content (AvgIpc) is 2.00. The van der Waals surface area contributed by atoms with E-state index in [1.54, 1.807) is 0 Å². The van der Waals surface area contributed by atoms with Crippen LogP contribution in [-0.4, -0.2) is 35.5 Å². The summed E-state index contributed by atoms with van der Waals surface area (Å²) in [6.45, 7) is 0.903. The van der Waals surface area contributed by atoms with Gasteiger partial charge in [-0.05, 0) is 6.42 Å². The molecule has 0 bridgehead atoms. The molecule has 0 aromatic rings. The molecule has 0 aliphatic heterocycles. The SMILES string of the molecule is NNCCCO.O=C(O)C(F)(F)F. The second-order valence-electron chi connectivity index (χ2n) is 1.83. The summed E-state index contributed by atoms with van der Waals surface area (Å²) in [5.74, 6) is 2.10. The van der Waals surface area contributed by atoms with E-state index < -0.39 is 12.1 Å². The Bertz CT molecular complexity index is 135. The topological polar surface area (TPSA) is 95.6 Å². The number of hydrogen-bond acceptors (Lipinski definition) is 4. The van der Waals surface area contributed by atoms with Crippen molar-refractivity contribution < 1.29 is 28.2 Å². The van der Waals surface area contributed by atoms with Gasteiger partial charge in [-0.15, -0.1) is 0 Å². The van der Waals surface area contributed by atoms with Crippen LogP contribution in [0, 0.1) is 0 Å². The standard InChI is InChI=1S/C3H10N2O.C2HF3O2/c4-5-2-1-3-6;3-2(4,5)1(6)7/h5-6H,1-4H2;(H,6,7). The molecular formula is C5H11F3N2O3. The van der Waals surface area contributed by atoms with Crippen LogP contribution in [0.4, 0.5) is 13.2 Å². The van der Waals surface area contributed by atoms with Gasteiger partial charge in [0.25, 0.3) is 0 Å². The van der Waals surface area contributed by atoms with Crippen LogP contribution in [0.1, 0.15) is 6.42 Å². The lowest BCUT2D eigenvalue weighted by atomic mass is 10.5. The molecule has 0 rings (SSSR count). The van der Waals surface area contributed by atoms with Crippen LogP contribution in [0.2, 0.25) is 0 Å². The molecule has 80 valence electrons. The van der Waals surface area contributed by atoms with E-state index in [0.717, 1.165) is 6.42 Å². The van der Waals surface area contributed by atoms with Crippen molar-refractivity contribution in [2.24, 2.45) is 5.84 Å². The molecule has 5 nitrogen and oxygen atoms in total. The molecule has 0 aliphatic rings. The molecule has 0 spiro atoms. The zero-order chi connectivity index (χ0) is 10.9. The highest BCUT2D eigenvalue weighted by Crippen LogP contribution is 2.13. The van der Waals surface area contributed by atoms with Crippen molar-refractivity contribution in [1.29, 1.82) is 0 Å². The highest BCUT2D eigenvalue weighted by atomic mass is 19.4. The lowest BCUT2D eigenvalue weighted by Crippen LogP contribution is -2.23. The second-order valence-corrected chi connectivity index (χ2v) is 1.83. The molecule has 5 N–H and O–H groups in total. The first-order chi connectivity index (χ1) is 5.86. The Morgan fingerprint density at radius 2 is 1.85 bits per heavy atom. The van der Waals surface area contributed by atoms with Crippen molar-refractivity contribution in [1.82, 2.24) is 5.43 Å². The minimum atomic E-state index is -5.08. The maximum absolute atomic E-state index is 10.6. The highest BCUT2D eigenvalue weighted by molar-refractivity contribution is 5.73. The molecule has 0 heterocycles. The number of aliphatic hydroxyl groups is 1. The van der Waals surface area contributed by atoms with Gasteiger partial charge in [-0.25, -0.2) is 4.79 Å². The van der Waals surface area contributed by atoms with Gasteiger partial charge in [0.2, 0.25) is 0 Å². The number of carboxylic acid groups (broad SMARTS) is 1. The van der Waals surface area contributed by atoms with Gasteiger partial charge in [0.05, 0.1) is 0 Å². The van der Waals surface area contributed by atoms with Gasteiger partial charge in [0.1, 0.15) is 0 Å². The Balaban J connectivity index is 0. The number of aliphatic carboxylic acids is 1. The zero-order valence-corrected chi connectivity index (χ0v) is 6.64. The molecule has 0 saturated carbocycles. The van der Waals surface area contributed by atoms with Crippen LogP contribution < -0.4 is 11.3 Å². The minimum absolute atomic E-state index is 0.212. The summed E-state index contributed by atoms with van der Waals surface area (Å²) >= 11 is 0. The second kappa shape index (κ2) is 7.77. The molecular weight excluding hydrogens is 193 g/mol. The third-order valence-corrected chi connectivity index (χ3v) is 0.722. The van der Waals surface area contributed by atoms with Gasteiger partial charge in [-0.3, -0.25) is 11.3 Å². The fraction of sp³-hybridized carbons (Fsp3) is 0.800. The number of aliphatic hydroxyl groups excluding tert-OH is 1. The molecule has 13 heavy (non-hydrogen) atoms. The molecule has 0 amide bonds. The van der Waals surface area contributed by atoms with Crippen molar-refractivity contribution in [2.75, 3.05) is 13.2 Å². The van der Waals surface area contributed by atoms with Crippen molar-refractivity contribution >= 4 is 5.97 Å². The summed E-state index contributed by atoms with van der Waals surface area (Å²) in [5.41, 5.74) is 2.41. The Labute approximate surface area is 72.3 Å². The van der Waals surface area contributed by atoms with E-state index in [1.165, 1.54) is 0 Å². The number of carboxylic acids is 1. The summed E-state index contributed by atoms with van der Waals surface area (Å²) < 4.78 is 31.7. The largest absolute Gasteiger partial charge is 0.490 e. The predicted octanol–water partition coefficient (Wildman–Crippen LogP) is -0.535. The average molecular weight is 204 g/mol. The third kappa shape index (κ3) is 14.0. The van der Waals surface area contributed by atoms with Crippen LogP contribution in [-0.2, 0) is 4.79 Å². The molecule has 0 unspecified atom stereocenters. The normalized spacial score (nSPS) is 10.2. The molecule has 0 radical (unpaired) electrons. The number of carbonyl (C=O) groups is 1. The number of rotatable bonds is 3. The first kappa shape index (κ1) is 14.7. The number of hydrogen-bond donors (Lipinski definition) is 4. The van der Waals surface area contributed by atoms with Gasteiger partial charge in [-0.2, -0.15) is 13.2 Å². The maximum Gasteiger partial charge on any atom is 0.490 e. The van der Waals surface area contributed by atoms with Crippen LogP contribution in [0.3, 0.4) is 0 Å². The molecule has 0 aromatic carbocycles. The number of halogens is 3. The molecule has 0 fully saturated rings. The Kier molecular flexibility index (Phi) is 8.76. The summed E-state index contributed by atoms with van der Waals surface area (Å²) in [7, 11) is 0. The molecule has 0 aromatic heterocycles.